The van der Waals surface area contributed by atoms with E-state index in [4.69, 9.17) is 4.74 Å². The molecule has 2 heterocycles. The molecule has 0 N–H and O–H groups in total. The summed E-state index contributed by atoms with van der Waals surface area (Å²) in [7, 11) is 0. The van der Waals surface area contributed by atoms with Crippen molar-refractivity contribution in [2.75, 3.05) is 18.1 Å². The van der Waals surface area contributed by atoms with Crippen LogP contribution in [0.2, 0.25) is 0 Å². The van der Waals surface area contributed by atoms with Crippen molar-refractivity contribution in [3.63, 3.8) is 0 Å². The molecule has 0 spiro atoms. The van der Waals surface area contributed by atoms with Crippen molar-refractivity contribution < 1.29 is 4.74 Å². The van der Waals surface area contributed by atoms with Crippen LogP contribution in [0.4, 0.5) is 5.69 Å². The third-order valence-electron chi connectivity index (χ3n) is 3.72. The van der Waals surface area contributed by atoms with Crippen molar-refractivity contribution in [3.05, 3.63) is 35.9 Å². The zero-order valence-corrected chi connectivity index (χ0v) is 12.4. The van der Waals surface area contributed by atoms with E-state index in [9.17, 15) is 0 Å². The summed E-state index contributed by atoms with van der Waals surface area (Å²) in [6.07, 6.45) is 7.33. The molecule has 3 rings (SSSR count). The zero-order valence-electron chi connectivity index (χ0n) is 10.7. The molecule has 2 aliphatic rings. The number of rotatable bonds is 2. The minimum Gasteiger partial charge on any atom is -0.376 e. The van der Waals surface area contributed by atoms with Gasteiger partial charge in [0, 0.05) is 24.9 Å². The van der Waals surface area contributed by atoms with Crippen LogP contribution >= 0.6 is 17.0 Å². The van der Waals surface area contributed by atoms with Crippen LogP contribution < -0.4 is 4.90 Å². The maximum absolute atomic E-state index is 5.75. The molecule has 98 valence electrons. The maximum atomic E-state index is 5.75. The van der Waals surface area contributed by atoms with Gasteiger partial charge >= 0.3 is 0 Å². The van der Waals surface area contributed by atoms with Crippen LogP contribution in [-0.4, -0.2) is 25.3 Å². The molecule has 2 atom stereocenters. The van der Waals surface area contributed by atoms with E-state index in [-0.39, 0.29) is 17.0 Å². The molecule has 2 aliphatic heterocycles. The molecular formula is C15H20BrNO. The molecule has 1 aromatic carbocycles. The quantitative estimate of drug-likeness (QED) is 0.826. The lowest BCUT2D eigenvalue weighted by molar-refractivity contribution is 0.115. The van der Waals surface area contributed by atoms with Crippen LogP contribution in [0.1, 0.15) is 25.3 Å². The average Bonchev–Trinajstić information content (AvgIpc) is 2.86. The summed E-state index contributed by atoms with van der Waals surface area (Å²) in [5.74, 6) is 0. The minimum atomic E-state index is 0. The van der Waals surface area contributed by atoms with E-state index in [1.807, 2.05) is 0 Å². The van der Waals surface area contributed by atoms with Gasteiger partial charge in [-0.05, 0) is 31.4 Å². The Bertz CT molecular complexity index is 426. The van der Waals surface area contributed by atoms with Crippen molar-refractivity contribution in [2.24, 2.45) is 0 Å². The fourth-order valence-electron chi connectivity index (χ4n) is 2.73. The first-order chi connectivity index (χ1) is 8.34. The third kappa shape index (κ3) is 2.62. The van der Waals surface area contributed by atoms with Crippen LogP contribution in [0.15, 0.2) is 30.3 Å². The zero-order chi connectivity index (χ0) is 11.7. The number of hydrogen-bond acceptors (Lipinski definition) is 2. The molecule has 18 heavy (non-hydrogen) atoms. The maximum Gasteiger partial charge on any atom is 0.0751 e. The Hall–Kier alpha value is -0.800. The van der Waals surface area contributed by atoms with Gasteiger partial charge in [0.05, 0.1) is 6.10 Å². The van der Waals surface area contributed by atoms with Crippen LogP contribution in [0.3, 0.4) is 0 Å². The number of benzene rings is 1. The van der Waals surface area contributed by atoms with Gasteiger partial charge in [-0.1, -0.05) is 30.4 Å². The van der Waals surface area contributed by atoms with E-state index >= 15 is 0 Å². The molecule has 2 nitrogen and oxygen atoms in total. The van der Waals surface area contributed by atoms with Gasteiger partial charge in [-0.2, -0.15) is 0 Å². The molecule has 1 fully saturated rings. The van der Waals surface area contributed by atoms with E-state index in [1.165, 1.54) is 24.1 Å². The van der Waals surface area contributed by atoms with Crippen molar-refractivity contribution in [2.45, 2.75) is 31.9 Å². The predicted octanol–water partition coefficient (Wildman–Crippen LogP) is 3.67. The summed E-state index contributed by atoms with van der Waals surface area (Å²) < 4.78 is 5.75. The number of nitrogens with zero attached hydrogens (tertiary/aromatic N) is 1. The molecule has 0 aliphatic carbocycles. The van der Waals surface area contributed by atoms with Crippen LogP contribution in [-0.2, 0) is 4.74 Å². The Morgan fingerprint density at radius 3 is 2.94 bits per heavy atom. The topological polar surface area (TPSA) is 12.5 Å². The first kappa shape index (κ1) is 13.6. The van der Waals surface area contributed by atoms with Gasteiger partial charge in [-0.15, -0.1) is 17.0 Å². The highest BCUT2D eigenvalue weighted by atomic mass is 79.9. The highest BCUT2D eigenvalue weighted by Gasteiger charge is 2.24. The van der Waals surface area contributed by atoms with Crippen LogP contribution in [0.5, 0.6) is 0 Å². The van der Waals surface area contributed by atoms with Crippen molar-refractivity contribution in [3.8, 4) is 0 Å². The van der Waals surface area contributed by atoms with Gasteiger partial charge in [-0.3, -0.25) is 0 Å². The highest BCUT2D eigenvalue weighted by Crippen LogP contribution is 2.30. The Labute approximate surface area is 119 Å². The van der Waals surface area contributed by atoms with Crippen molar-refractivity contribution in [1.29, 1.82) is 0 Å². The third-order valence-corrected chi connectivity index (χ3v) is 3.72. The Morgan fingerprint density at radius 1 is 1.33 bits per heavy atom. The highest BCUT2D eigenvalue weighted by molar-refractivity contribution is 8.93. The second kappa shape index (κ2) is 5.89. The molecule has 0 aromatic heterocycles. The molecule has 1 aromatic rings. The fraction of sp³-hybridized carbons (Fsp3) is 0.467. The van der Waals surface area contributed by atoms with Gasteiger partial charge in [0.25, 0.3) is 0 Å². The Kier molecular flexibility index (Phi) is 4.46. The molecular weight excluding hydrogens is 290 g/mol. The largest absolute Gasteiger partial charge is 0.376 e. The van der Waals surface area contributed by atoms with E-state index in [1.54, 1.807) is 0 Å². The molecule has 0 bridgehead atoms. The summed E-state index contributed by atoms with van der Waals surface area (Å²) in [4.78, 5) is 2.46. The molecule has 1 saturated heterocycles. The molecule has 0 radical (unpaired) electrons. The van der Waals surface area contributed by atoms with Crippen molar-refractivity contribution >= 4 is 28.7 Å². The summed E-state index contributed by atoms with van der Waals surface area (Å²) in [5, 5.41) is 0. The predicted molar refractivity (Wildman–Crippen MR) is 81.6 cm³/mol. The monoisotopic (exact) mass is 309 g/mol. The number of para-hydroxylation sites is 1. The van der Waals surface area contributed by atoms with E-state index in [2.05, 4.69) is 48.2 Å². The number of anilines is 1. The van der Waals surface area contributed by atoms with Gasteiger partial charge in [0.15, 0.2) is 0 Å². The molecule has 3 heteroatoms. The van der Waals surface area contributed by atoms with E-state index in [0.29, 0.717) is 12.1 Å². The number of fused-ring (bicyclic) bond motifs is 1. The average molecular weight is 310 g/mol. The van der Waals surface area contributed by atoms with Gasteiger partial charge in [0.1, 0.15) is 0 Å². The van der Waals surface area contributed by atoms with E-state index < -0.39 is 0 Å². The van der Waals surface area contributed by atoms with Gasteiger partial charge < -0.3 is 9.64 Å². The molecule has 2 unspecified atom stereocenters. The van der Waals surface area contributed by atoms with Crippen molar-refractivity contribution in [1.82, 2.24) is 0 Å². The van der Waals surface area contributed by atoms with Gasteiger partial charge in [0.2, 0.25) is 0 Å². The SMILES string of the molecule is Br.CC1C=Cc2ccccc2N1CC1CCCO1. The normalized spacial score (nSPS) is 25.7. The summed E-state index contributed by atoms with van der Waals surface area (Å²) >= 11 is 0. The summed E-state index contributed by atoms with van der Waals surface area (Å²) in [6, 6.07) is 9.08. The number of hydrogen-bond donors (Lipinski definition) is 0. The lowest BCUT2D eigenvalue weighted by Gasteiger charge is -2.35. The van der Waals surface area contributed by atoms with Crippen LogP contribution in [0.25, 0.3) is 6.08 Å². The first-order valence-corrected chi connectivity index (χ1v) is 6.50. The second-order valence-electron chi connectivity index (χ2n) is 4.95. The number of ether oxygens (including phenoxy) is 1. The molecule has 0 amide bonds. The van der Waals surface area contributed by atoms with E-state index in [0.717, 1.165) is 13.2 Å². The first-order valence-electron chi connectivity index (χ1n) is 6.50. The molecule has 0 saturated carbocycles. The Balaban J connectivity index is 0.00000120. The summed E-state index contributed by atoms with van der Waals surface area (Å²) in [5.41, 5.74) is 2.67. The summed E-state index contributed by atoms with van der Waals surface area (Å²) in [6.45, 7) is 4.20. The smallest absolute Gasteiger partial charge is 0.0751 e. The number of halogens is 1. The standard InChI is InChI=1S/C15H19NO.BrH/c1-12-8-9-13-5-2-3-7-15(13)16(12)11-14-6-4-10-17-14;/h2-3,5,7-9,12,14H,4,6,10-11H2,1H3;1H. The van der Waals surface area contributed by atoms with Gasteiger partial charge in [-0.25, -0.2) is 0 Å². The second-order valence-corrected chi connectivity index (χ2v) is 4.95. The minimum absolute atomic E-state index is 0. The van der Waals surface area contributed by atoms with Crippen LogP contribution in [0, 0.1) is 0 Å². The lowest BCUT2D eigenvalue weighted by atomic mass is 10.0. The fourth-order valence-corrected chi connectivity index (χ4v) is 2.73. The lowest BCUT2D eigenvalue weighted by Crippen LogP contribution is -2.39. The Morgan fingerprint density at radius 2 is 2.17 bits per heavy atom.